The maximum Gasteiger partial charge on any atom is 0.207 e. The van der Waals surface area contributed by atoms with Crippen LogP contribution in [-0.4, -0.2) is 20.2 Å². The number of rotatable bonds is 1. The summed E-state index contributed by atoms with van der Waals surface area (Å²) in [5, 5.41) is 12.9. The third-order valence-electron chi connectivity index (χ3n) is 2.27. The smallest absolute Gasteiger partial charge is 0.207 e. The van der Waals surface area contributed by atoms with Gasteiger partial charge in [0.1, 0.15) is 0 Å². The molecule has 0 aliphatic rings. The molecular weight excluding hydrogens is 238 g/mol. The van der Waals surface area contributed by atoms with Crippen molar-refractivity contribution in [2.45, 2.75) is 26.3 Å². The third kappa shape index (κ3) is 2.39. The van der Waals surface area contributed by atoms with E-state index in [1.54, 1.807) is 23.0 Å². The van der Waals surface area contributed by atoms with Gasteiger partial charge in [0.25, 0.3) is 0 Å². The monoisotopic (exact) mass is 251 g/mol. The van der Waals surface area contributed by atoms with Gasteiger partial charge in [-0.2, -0.15) is 4.80 Å². The lowest BCUT2D eigenvalue weighted by atomic mass is 10.1. The van der Waals surface area contributed by atoms with Gasteiger partial charge in [-0.1, -0.05) is 11.6 Å². The average molecular weight is 252 g/mol. The Morgan fingerprint density at radius 3 is 2.59 bits per heavy atom. The fourth-order valence-electron chi connectivity index (χ4n) is 1.33. The molecule has 17 heavy (non-hydrogen) atoms. The lowest BCUT2D eigenvalue weighted by Gasteiger charge is -2.15. The molecule has 2 N–H and O–H groups in total. The Kier molecular flexibility index (Phi) is 2.79. The van der Waals surface area contributed by atoms with Gasteiger partial charge >= 0.3 is 0 Å². The Bertz CT molecular complexity index is 541. The van der Waals surface area contributed by atoms with Crippen LogP contribution in [-0.2, 0) is 5.54 Å². The second kappa shape index (κ2) is 4.00. The second-order valence-electron chi connectivity index (χ2n) is 4.80. The quantitative estimate of drug-likeness (QED) is 0.790. The average Bonchev–Trinajstić information content (AvgIpc) is 2.70. The van der Waals surface area contributed by atoms with Crippen LogP contribution in [0.4, 0.5) is 5.69 Å². The number of hydrogen-bond acceptors (Lipinski definition) is 4. The van der Waals surface area contributed by atoms with Gasteiger partial charge in [0, 0.05) is 16.3 Å². The number of aromatic nitrogens is 4. The molecule has 0 radical (unpaired) electrons. The standard InChI is InChI=1S/C11H14ClN5/c1-11(2,3)17-15-10(14-16-17)8-6-7(12)4-5-9(8)13/h4-6H,13H2,1-3H3. The summed E-state index contributed by atoms with van der Waals surface area (Å²) in [6, 6.07) is 5.20. The molecule has 2 rings (SSSR count). The Morgan fingerprint density at radius 1 is 1.29 bits per heavy atom. The van der Waals surface area contributed by atoms with Gasteiger partial charge in [0.15, 0.2) is 0 Å². The number of anilines is 1. The Morgan fingerprint density at radius 2 is 2.00 bits per heavy atom. The molecule has 0 fully saturated rings. The molecule has 90 valence electrons. The van der Waals surface area contributed by atoms with Crippen LogP contribution < -0.4 is 5.73 Å². The summed E-state index contributed by atoms with van der Waals surface area (Å²) < 4.78 is 0. The van der Waals surface area contributed by atoms with E-state index in [1.165, 1.54) is 0 Å². The number of halogens is 1. The lowest BCUT2D eigenvalue weighted by Crippen LogP contribution is -2.24. The first-order valence-corrected chi connectivity index (χ1v) is 5.61. The SMILES string of the molecule is CC(C)(C)n1nnc(-c2cc(Cl)ccc2N)n1. The zero-order valence-corrected chi connectivity index (χ0v) is 10.7. The van der Waals surface area contributed by atoms with Gasteiger partial charge in [0.2, 0.25) is 5.82 Å². The minimum atomic E-state index is -0.210. The number of nitrogens with zero attached hydrogens (tertiary/aromatic N) is 4. The van der Waals surface area contributed by atoms with Crippen molar-refractivity contribution in [3.63, 3.8) is 0 Å². The molecule has 0 aliphatic carbocycles. The van der Waals surface area contributed by atoms with E-state index in [0.717, 1.165) is 0 Å². The minimum absolute atomic E-state index is 0.210. The van der Waals surface area contributed by atoms with E-state index in [2.05, 4.69) is 15.4 Å². The summed E-state index contributed by atoms with van der Waals surface area (Å²) in [7, 11) is 0. The summed E-state index contributed by atoms with van der Waals surface area (Å²) in [6.45, 7) is 6.00. The minimum Gasteiger partial charge on any atom is -0.398 e. The van der Waals surface area contributed by atoms with Gasteiger partial charge in [0.05, 0.1) is 5.54 Å². The van der Waals surface area contributed by atoms with E-state index in [9.17, 15) is 0 Å². The van der Waals surface area contributed by atoms with Crippen molar-refractivity contribution in [2.75, 3.05) is 5.73 Å². The summed E-state index contributed by atoms with van der Waals surface area (Å²) in [5.74, 6) is 0.486. The van der Waals surface area contributed by atoms with Crippen LogP contribution in [0.2, 0.25) is 5.02 Å². The summed E-state index contributed by atoms with van der Waals surface area (Å²) >= 11 is 5.93. The number of nitrogens with two attached hydrogens (primary N) is 1. The topological polar surface area (TPSA) is 69.6 Å². The van der Waals surface area contributed by atoms with Crippen molar-refractivity contribution < 1.29 is 0 Å². The molecule has 1 aromatic heterocycles. The molecule has 0 atom stereocenters. The molecule has 2 aromatic rings. The molecule has 0 bridgehead atoms. The van der Waals surface area contributed by atoms with Gasteiger partial charge < -0.3 is 5.73 Å². The van der Waals surface area contributed by atoms with Crippen molar-refractivity contribution in [1.82, 2.24) is 20.2 Å². The molecular formula is C11H14ClN5. The Balaban J connectivity index is 2.47. The van der Waals surface area contributed by atoms with Crippen LogP contribution in [0.25, 0.3) is 11.4 Å². The van der Waals surface area contributed by atoms with E-state index in [-0.39, 0.29) is 5.54 Å². The fourth-order valence-corrected chi connectivity index (χ4v) is 1.50. The van der Waals surface area contributed by atoms with Crippen LogP contribution in [0, 0.1) is 0 Å². The summed E-state index contributed by atoms with van der Waals surface area (Å²) in [5.41, 5.74) is 6.94. The van der Waals surface area contributed by atoms with E-state index in [1.807, 2.05) is 20.8 Å². The predicted octanol–water partition coefficient (Wildman–Crippen LogP) is 2.33. The van der Waals surface area contributed by atoms with Crippen molar-refractivity contribution in [3.05, 3.63) is 23.2 Å². The maximum absolute atomic E-state index is 5.93. The second-order valence-corrected chi connectivity index (χ2v) is 5.24. The van der Waals surface area contributed by atoms with Crippen molar-refractivity contribution in [2.24, 2.45) is 0 Å². The van der Waals surface area contributed by atoms with Crippen molar-refractivity contribution >= 4 is 17.3 Å². The first kappa shape index (κ1) is 11.9. The highest BCUT2D eigenvalue weighted by Gasteiger charge is 2.18. The van der Waals surface area contributed by atoms with Crippen molar-refractivity contribution in [1.29, 1.82) is 0 Å². The zero-order valence-electron chi connectivity index (χ0n) is 9.98. The highest BCUT2D eigenvalue weighted by atomic mass is 35.5. The first-order chi connectivity index (χ1) is 7.88. The summed E-state index contributed by atoms with van der Waals surface area (Å²) in [6.07, 6.45) is 0. The van der Waals surface area contributed by atoms with E-state index in [0.29, 0.717) is 22.1 Å². The van der Waals surface area contributed by atoms with Gasteiger partial charge in [-0.15, -0.1) is 10.2 Å². The number of hydrogen-bond donors (Lipinski definition) is 1. The van der Waals surface area contributed by atoms with Crippen LogP contribution in [0.3, 0.4) is 0 Å². The molecule has 0 saturated carbocycles. The third-order valence-corrected chi connectivity index (χ3v) is 2.50. The number of benzene rings is 1. The van der Waals surface area contributed by atoms with Gasteiger partial charge in [-0.05, 0) is 44.2 Å². The fraction of sp³-hybridized carbons (Fsp3) is 0.364. The van der Waals surface area contributed by atoms with Gasteiger partial charge in [-0.3, -0.25) is 0 Å². The number of nitrogen functional groups attached to an aromatic ring is 1. The molecule has 0 aliphatic heterocycles. The van der Waals surface area contributed by atoms with E-state index < -0.39 is 0 Å². The first-order valence-electron chi connectivity index (χ1n) is 5.24. The van der Waals surface area contributed by atoms with Crippen LogP contribution in [0.5, 0.6) is 0 Å². The van der Waals surface area contributed by atoms with E-state index >= 15 is 0 Å². The maximum atomic E-state index is 5.93. The number of tetrazole rings is 1. The van der Waals surface area contributed by atoms with Crippen LogP contribution >= 0.6 is 11.6 Å². The molecule has 0 saturated heterocycles. The zero-order chi connectivity index (χ0) is 12.6. The normalized spacial score (nSPS) is 11.8. The Labute approximate surface area is 105 Å². The highest BCUT2D eigenvalue weighted by molar-refractivity contribution is 6.31. The van der Waals surface area contributed by atoms with Gasteiger partial charge in [-0.25, -0.2) is 0 Å². The molecule has 0 unspecified atom stereocenters. The highest BCUT2D eigenvalue weighted by Crippen LogP contribution is 2.26. The van der Waals surface area contributed by atoms with Crippen LogP contribution in [0.15, 0.2) is 18.2 Å². The molecule has 1 aromatic carbocycles. The predicted molar refractivity (Wildman–Crippen MR) is 67.7 cm³/mol. The lowest BCUT2D eigenvalue weighted by molar-refractivity contribution is 0.306. The van der Waals surface area contributed by atoms with Crippen LogP contribution in [0.1, 0.15) is 20.8 Å². The molecule has 0 spiro atoms. The molecule has 5 nitrogen and oxygen atoms in total. The molecule has 1 heterocycles. The van der Waals surface area contributed by atoms with E-state index in [4.69, 9.17) is 17.3 Å². The largest absolute Gasteiger partial charge is 0.398 e. The van der Waals surface area contributed by atoms with Crippen molar-refractivity contribution in [3.8, 4) is 11.4 Å². The molecule has 6 heteroatoms. The summed E-state index contributed by atoms with van der Waals surface area (Å²) in [4.78, 5) is 1.56. The molecule has 0 amide bonds. The Hall–Kier alpha value is -1.62.